The number of esters is 1. The number of guanidine groups is 1. The van der Waals surface area contributed by atoms with Crippen LogP contribution in [-0.4, -0.2) is 73.1 Å². The second-order valence-electron chi connectivity index (χ2n) is 7.64. The van der Waals surface area contributed by atoms with Gasteiger partial charge >= 0.3 is 5.97 Å². The second-order valence-corrected chi connectivity index (χ2v) is 7.64. The third-order valence-electron chi connectivity index (χ3n) is 5.68. The Labute approximate surface area is 182 Å². The first-order valence-corrected chi connectivity index (χ1v) is 10.5. The molecule has 158 valence electrons. The fourth-order valence-electron chi connectivity index (χ4n) is 4.11. The summed E-state index contributed by atoms with van der Waals surface area (Å²) in [7, 11) is 0. The van der Waals surface area contributed by atoms with Crippen LogP contribution >= 0.6 is 24.0 Å². The average molecular weight is 494 g/mol. The minimum absolute atomic E-state index is 0. The van der Waals surface area contributed by atoms with Gasteiger partial charge in [-0.05, 0) is 59.9 Å². The Balaban J connectivity index is 0.00000364. The average Bonchev–Trinajstić information content (AvgIpc) is 2.65. The van der Waals surface area contributed by atoms with Crippen molar-refractivity contribution in [1.29, 1.82) is 0 Å². The molecule has 2 rings (SSSR count). The highest BCUT2D eigenvalue weighted by Gasteiger charge is 2.28. The summed E-state index contributed by atoms with van der Waals surface area (Å²) in [6.45, 7) is 13.7. The molecule has 0 bridgehead atoms. The number of carbonyl (C=O) groups excluding carboxylic acids is 1. The molecule has 27 heavy (non-hydrogen) atoms. The molecule has 0 aromatic heterocycles. The van der Waals surface area contributed by atoms with E-state index >= 15 is 0 Å². The van der Waals surface area contributed by atoms with Gasteiger partial charge in [0.1, 0.15) is 0 Å². The molecule has 2 aliphatic heterocycles. The van der Waals surface area contributed by atoms with E-state index in [4.69, 9.17) is 9.73 Å². The number of hydrogen-bond acceptors (Lipinski definition) is 4. The standard InChI is InChI=1S/C20H38N4O2.HI/c1-5-21-20(22-15-17(4)24-12-8-7-9-16(24)3)23-13-10-18(11-14-23)19(25)26-6-2;/h16-18H,5-15H2,1-4H3,(H,21,22);1H. The Bertz CT molecular complexity index is 467. The molecule has 0 aliphatic carbocycles. The van der Waals surface area contributed by atoms with E-state index in [0.717, 1.165) is 45.0 Å². The Morgan fingerprint density at radius 2 is 1.89 bits per heavy atom. The number of carbonyl (C=O) groups is 1. The maximum atomic E-state index is 11.9. The Morgan fingerprint density at radius 3 is 2.48 bits per heavy atom. The molecule has 0 saturated carbocycles. The fraction of sp³-hybridized carbons (Fsp3) is 0.900. The molecule has 2 aliphatic rings. The fourth-order valence-corrected chi connectivity index (χ4v) is 4.11. The van der Waals surface area contributed by atoms with Gasteiger partial charge in [-0.15, -0.1) is 24.0 Å². The molecular formula is C20H39IN4O2. The monoisotopic (exact) mass is 494 g/mol. The number of aliphatic imine (C=N–C) groups is 1. The van der Waals surface area contributed by atoms with Crippen LogP contribution in [0.15, 0.2) is 4.99 Å². The number of piperidine rings is 2. The van der Waals surface area contributed by atoms with E-state index < -0.39 is 0 Å². The maximum Gasteiger partial charge on any atom is 0.309 e. The third kappa shape index (κ3) is 7.40. The normalized spacial score (nSPS) is 23.5. The number of likely N-dealkylation sites (tertiary alicyclic amines) is 2. The van der Waals surface area contributed by atoms with Gasteiger partial charge in [0, 0.05) is 31.7 Å². The first-order valence-electron chi connectivity index (χ1n) is 10.5. The summed E-state index contributed by atoms with van der Waals surface area (Å²) in [6.07, 6.45) is 5.66. The molecule has 0 aromatic rings. The molecule has 6 nitrogen and oxygen atoms in total. The van der Waals surface area contributed by atoms with Gasteiger partial charge in [0.15, 0.2) is 5.96 Å². The van der Waals surface area contributed by atoms with Gasteiger partial charge in [-0.3, -0.25) is 14.7 Å². The van der Waals surface area contributed by atoms with Crippen LogP contribution in [0.4, 0.5) is 0 Å². The minimum atomic E-state index is -0.0400. The molecule has 0 spiro atoms. The molecule has 2 atom stereocenters. The molecule has 2 saturated heterocycles. The van der Waals surface area contributed by atoms with Gasteiger partial charge < -0.3 is 15.0 Å². The van der Waals surface area contributed by atoms with Gasteiger partial charge in [-0.25, -0.2) is 0 Å². The molecule has 2 unspecified atom stereocenters. The van der Waals surface area contributed by atoms with Gasteiger partial charge in [0.25, 0.3) is 0 Å². The minimum Gasteiger partial charge on any atom is -0.466 e. The number of halogens is 1. The first-order chi connectivity index (χ1) is 12.6. The van der Waals surface area contributed by atoms with Crippen molar-refractivity contribution in [3.05, 3.63) is 0 Å². The van der Waals surface area contributed by atoms with E-state index in [1.807, 2.05) is 6.92 Å². The van der Waals surface area contributed by atoms with Crippen molar-refractivity contribution in [2.24, 2.45) is 10.9 Å². The van der Waals surface area contributed by atoms with E-state index in [-0.39, 0.29) is 35.9 Å². The summed E-state index contributed by atoms with van der Waals surface area (Å²) in [5.74, 6) is 0.996. The number of hydrogen-bond donors (Lipinski definition) is 1. The van der Waals surface area contributed by atoms with Crippen LogP contribution in [0, 0.1) is 5.92 Å². The van der Waals surface area contributed by atoms with E-state index in [1.54, 1.807) is 0 Å². The van der Waals surface area contributed by atoms with Crippen molar-refractivity contribution in [2.45, 2.75) is 71.9 Å². The summed E-state index contributed by atoms with van der Waals surface area (Å²) in [5.41, 5.74) is 0. The van der Waals surface area contributed by atoms with E-state index in [2.05, 4.69) is 35.9 Å². The second kappa shape index (κ2) is 12.8. The number of ether oxygens (including phenoxy) is 1. The predicted molar refractivity (Wildman–Crippen MR) is 122 cm³/mol. The maximum absolute atomic E-state index is 11.9. The summed E-state index contributed by atoms with van der Waals surface area (Å²) in [5, 5.41) is 3.43. The van der Waals surface area contributed by atoms with Gasteiger partial charge in [-0.2, -0.15) is 0 Å². The topological polar surface area (TPSA) is 57.2 Å². The van der Waals surface area contributed by atoms with Crippen molar-refractivity contribution in [1.82, 2.24) is 15.1 Å². The van der Waals surface area contributed by atoms with Gasteiger partial charge in [-0.1, -0.05) is 6.42 Å². The SMILES string of the molecule is CCNC(=NCC(C)N1CCCCC1C)N1CCC(C(=O)OCC)CC1.I. The molecule has 2 heterocycles. The van der Waals surface area contributed by atoms with Crippen LogP contribution in [-0.2, 0) is 9.53 Å². The van der Waals surface area contributed by atoms with Crippen LogP contribution in [0.2, 0.25) is 0 Å². The Hall–Kier alpha value is -0.570. The highest BCUT2D eigenvalue weighted by molar-refractivity contribution is 14.0. The molecule has 2 fully saturated rings. The Morgan fingerprint density at radius 1 is 1.19 bits per heavy atom. The number of nitrogens with one attached hydrogen (secondary N) is 1. The lowest BCUT2D eigenvalue weighted by Gasteiger charge is -2.38. The molecule has 7 heteroatoms. The van der Waals surface area contributed by atoms with Crippen molar-refractivity contribution < 1.29 is 9.53 Å². The third-order valence-corrected chi connectivity index (χ3v) is 5.68. The summed E-state index contributed by atoms with van der Waals surface area (Å²) in [6, 6.07) is 1.13. The summed E-state index contributed by atoms with van der Waals surface area (Å²) < 4.78 is 5.17. The zero-order valence-electron chi connectivity index (χ0n) is 17.6. The van der Waals surface area contributed by atoms with Crippen LogP contribution in [0.3, 0.4) is 0 Å². The van der Waals surface area contributed by atoms with Crippen molar-refractivity contribution in [3.63, 3.8) is 0 Å². The highest BCUT2D eigenvalue weighted by atomic mass is 127. The lowest BCUT2D eigenvalue weighted by atomic mass is 9.97. The van der Waals surface area contributed by atoms with Crippen molar-refractivity contribution in [3.8, 4) is 0 Å². The molecule has 0 aromatic carbocycles. The largest absolute Gasteiger partial charge is 0.466 e. The lowest BCUT2D eigenvalue weighted by molar-refractivity contribution is -0.149. The van der Waals surface area contributed by atoms with Crippen molar-refractivity contribution >= 4 is 35.9 Å². The lowest BCUT2D eigenvalue weighted by Crippen LogP contribution is -2.48. The van der Waals surface area contributed by atoms with Gasteiger partial charge in [0.05, 0.1) is 19.1 Å². The van der Waals surface area contributed by atoms with Crippen LogP contribution in [0.1, 0.15) is 59.8 Å². The number of nitrogens with zero attached hydrogens (tertiary/aromatic N) is 3. The van der Waals surface area contributed by atoms with Crippen LogP contribution in [0.5, 0.6) is 0 Å². The molecule has 0 amide bonds. The van der Waals surface area contributed by atoms with Crippen LogP contribution < -0.4 is 5.32 Å². The predicted octanol–water partition coefficient (Wildman–Crippen LogP) is 3.11. The zero-order chi connectivity index (χ0) is 18.9. The molecule has 1 N–H and O–H groups in total. The number of rotatable bonds is 6. The molecular weight excluding hydrogens is 455 g/mol. The molecule has 0 radical (unpaired) electrons. The van der Waals surface area contributed by atoms with Crippen LogP contribution in [0.25, 0.3) is 0 Å². The first kappa shape index (κ1) is 24.5. The zero-order valence-corrected chi connectivity index (χ0v) is 19.9. The highest BCUT2D eigenvalue weighted by Crippen LogP contribution is 2.20. The van der Waals surface area contributed by atoms with E-state index in [0.29, 0.717) is 18.7 Å². The van der Waals surface area contributed by atoms with E-state index in [9.17, 15) is 4.79 Å². The van der Waals surface area contributed by atoms with E-state index in [1.165, 1.54) is 25.8 Å². The summed E-state index contributed by atoms with van der Waals surface area (Å²) in [4.78, 5) is 21.8. The smallest absolute Gasteiger partial charge is 0.309 e. The quantitative estimate of drug-likeness (QED) is 0.266. The Kier molecular flexibility index (Phi) is 11.6. The van der Waals surface area contributed by atoms with Gasteiger partial charge in [0.2, 0.25) is 0 Å². The summed E-state index contributed by atoms with van der Waals surface area (Å²) >= 11 is 0. The van der Waals surface area contributed by atoms with Crippen molar-refractivity contribution in [2.75, 3.05) is 39.3 Å².